The highest BCUT2D eigenvalue weighted by Gasteiger charge is 2.24. The highest BCUT2D eigenvalue weighted by molar-refractivity contribution is 5.92. The number of anilines is 2. The first-order chi connectivity index (χ1) is 13.8. The largest absolute Gasteiger partial charge is 0.377 e. The number of benzene rings is 1. The van der Waals surface area contributed by atoms with Gasteiger partial charge in [0.25, 0.3) is 0 Å². The molecule has 1 aromatic rings. The highest BCUT2D eigenvalue weighted by atomic mass is 16.5. The van der Waals surface area contributed by atoms with Crippen molar-refractivity contribution < 1.29 is 19.1 Å². The van der Waals surface area contributed by atoms with E-state index in [1.807, 2.05) is 51.0 Å². The molecule has 0 unspecified atom stereocenters. The Labute approximate surface area is 173 Å². The summed E-state index contributed by atoms with van der Waals surface area (Å²) in [6.07, 6.45) is 2.04. The predicted octanol–water partition coefficient (Wildman–Crippen LogP) is 2.44. The third-order valence-electron chi connectivity index (χ3n) is 4.63. The van der Waals surface area contributed by atoms with E-state index >= 15 is 0 Å². The topological polar surface area (TPSA) is 83.1 Å². The van der Waals surface area contributed by atoms with Crippen molar-refractivity contribution in [2.24, 2.45) is 0 Å². The van der Waals surface area contributed by atoms with Crippen molar-refractivity contribution in [3.8, 4) is 0 Å². The van der Waals surface area contributed by atoms with Gasteiger partial charge >= 0.3 is 6.03 Å². The predicted molar refractivity (Wildman–Crippen MR) is 114 cm³/mol. The zero-order valence-corrected chi connectivity index (χ0v) is 18.2. The Morgan fingerprint density at radius 3 is 2.66 bits per heavy atom. The van der Waals surface area contributed by atoms with E-state index in [-0.39, 0.29) is 30.7 Å². The fourth-order valence-corrected chi connectivity index (χ4v) is 3.35. The third kappa shape index (κ3) is 7.21. The second kappa shape index (κ2) is 11.0. The summed E-state index contributed by atoms with van der Waals surface area (Å²) in [5.74, 6) is -0.218. The molecule has 8 heteroatoms. The average molecular weight is 407 g/mol. The number of amides is 3. The van der Waals surface area contributed by atoms with Crippen LogP contribution in [0.4, 0.5) is 16.2 Å². The quantitative estimate of drug-likeness (QED) is 0.658. The van der Waals surface area contributed by atoms with E-state index in [4.69, 9.17) is 9.47 Å². The standard InChI is InChI=1S/C21H34N4O4/c1-15(2)22-21(27)25(13-18-7-6-10-29-18)12-16-11-17(23-20(26)14-28-5)8-9-19(16)24(3)4/h8-9,11,15,18H,6-7,10,12-14H2,1-5H3,(H,22,27)(H,23,26)/t18-/m0/s1. The normalized spacial score (nSPS) is 16.0. The van der Waals surface area contributed by atoms with Crippen molar-refractivity contribution in [2.75, 3.05) is 51.2 Å². The lowest BCUT2D eigenvalue weighted by atomic mass is 10.1. The molecule has 1 heterocycles. The van der Waals surface area contributed by atoms with Crippen molar-refractivity contribution in [1.29, 1.82) is 0 Å². The van der Waals surface area contributed by atoms with Crippen molar-refractivity contribution in [1.82, 2.24) is 10.2 Å². The maximum absolute atomic E-state index is 12.8. The minimum absolute atomic E-state index is 0.00724. The van der Waals surface area contributed by atoms with E-state index in [0.717, 1.165) is 30.7 Å². The molecule has 3 amide bonds. The Hall–Kier alpha value is -2.32. The molecule has 1 aliphatic rings. The molecule has 0 spiro atoms. The van der Waals surface area contributed by atoms with Crippen LogP contribution in [0.2, 0.25) is 0 Å². The number of rotatable bonds is 9. The van der Waals surface area contributed by atoms with Gasteiger partial charge in [-0.2, -0.15) is 0 Å². The van der Waals surface area contributed by atoms with E-state index in [9.17, 15) is 9.59 Å². The average Bonchev–Trinajstić information content (AvgIpc) is 3.14. The molecule has 1 fully saturated rings. The number of nitrogens with one attached hydrogen (secondary N) is 2. The van der Waals surface area contributed by atoms with Gasteiger partial charge in [0.05, 0.1) is 6.10 Å². The molecule has 29 heavy (non-hydrogen) atoms. The first-order valence-electron chi connectivity index (χ1n) is 10.1. The van der Waals surface area contributed by atoms with Crippen molar-refractivity contribution in [3.05, 3.63) is 23.8 Å². The second-order valence-corrected chi connectivity index (χ2v) is 7.84. The number of urea groups is 1. The van der Waals surface area contributed by atoms with Crippen LogP contribution < -0.4 is 15.5 Å². The van der Waals surface area contributed by atoms with Crippen LogP contribution in [-0.4, -0.2) is 69.9 Å². The highest BCUT2D eigenvalue weighted by Crippen LogP contribution is 2.25. The molecular formula is C21H34N4O4. The molecule has 1 aliphatic heterocycles. The maximum atomic E-state index is 12.8. The smallest absolute Gasteiger partial charge is 0.317 e. The summed E-state index contributed by atoms with van der Waals surface area (Å²) in [6, 6.07) is 5.64. The fourth-order valence-electron chi connectivity index (χ4n) is 3.35. The van der Waals surface area contributed by atoms with Crippen LogP contribution >= 0.6 is 0 Å². The summed E-state index contributed by atoms with van der Waals surface area (Å²) < 4.78 is 10.6. The van der Waals surface area contributed by atoms with E-state index < -0.39 is 0 Å². The summed E-state index contributed by atoms with van der Waals surface area (Å²) >= 11 is 0. The van der Waals surface area contributed by atoms with Gasteiger partial charge in [-0.1, -0.05) is 0 Å². The third-order valence-corrected chi connectivity index (χ3v) is 4.63. The number of hydrogen-bond donors (Lipinski definition) is 2. The molecule has 2 rings (SSSR count). The number of ether oxygens (including phenoxy) is 2. The number of hydrogen-bond acceptors (Lipinski definition) is 5. The molecule has 2 N–H and O–H groups in total. The summed E-state index contributed by atoms with van der Waals surface area (Å²) in [4.78, 5) is 28.5. The van der Waals surface area contributed by atoms with Crippen LogP contribution in [0.25, 0.3) is 0 Å². The van der Waals surface area contributed by atoms with Crippen LogP contribution in [0.15, 0.2) is 18.2 Å². The van der Waals surface area contributed by atoms with Gasteiger partial charge in [0.15, 0.2) is 0 Å². The van der Waals surface area contributed by atoms with Crippen LogP contribution in [-0.2, 0) is 20.8 Å². The summed E-state index contributed by atoms with van der Waals surface area (Å²) in [6.45, 7) is 5.57. The number of carbonyl (C=O) groups is 2. The van der Waals surface area contributed by atoms with E-state index in [1.54, 1.807) is 4.90 Å². The Morgan fingerprint density at radius 2 is 2.07 bits per heavy atom. The van der Waals surface area contributed by atoms with Crippen molar-refractivity contribution >= 4 is 23.3 Å². The van der Waals surface area contributed by atoms with E-state index in [1.165, 1.54) is 7.11 Å². The summed E-state index contributed by atoms with van der Waals surface area (Å²) in [7, 11) is 5.40. The maximum Gasteiger partial charge on any atom is 0.317 e. The summed E-state index contributed by atoms with van der Waals surface area (Å²) in [5.41, 5.74) is 2.61. The van der Waals surface area contributed by atoms with E-state index in [0.29, 0.717) is 18.8 Å². The lowest BCUT2D eigenvalue weighted by Crippen LogP contribution is -2.45. The van der Waals surface area contributed by atoms with Gasteiger partial charge in [0.2, 0.25) is 5.91 Å². The van der Waals surface area contributed by atoms with Crippen LogP contribution in [0.1, 0.15) is 32.3 Å². The van der Waals surface area contributed by atoms with Crippen molar-refractivity contribution in [2.45, 2.75) is 45.4 Å². The van der Waals surface area contributed by atoms with Gasteiger partial charge in [-0.25, -0.2) is 4.79 Å². The molecule has 0 aromatic heterocycles. The van der Waals surface area contributed by atoms with Gasteiger partial charge < -0.3 is 29.9 Å². The Bertz CT molecular complexity index is 687. The molecule has 0 aliphatic carbocycles. The zero-order valence-electron chi connectivity index (χ0n) is 18.2. The molecule has 162 valence electrons. The minimum Gasteiger partial charge on any atom is -0.377 e. The number of carbonyl (C=O) groups excluding carboxylic acids is 2. The van der Waals surface area contributed by atoms with Gasteiger partial charge in [-0.05, 0) is 50.5 Å². The molecule has 1 saturated heterocycles. The van der Waals surface area contributed by atoms with Crippen LogP contribution in [0.3, 0.4) is 0 Å². The first kappa shape index (κ1) is 23.0. The lowest BCUT2D eigenvalue weighted by molar-refractivity contribution is -0.119. The molecule has 0 radical (unpaired) electrons. The number of methoxy groups -OCH3 is 1. The first-order valence-corrected chi connectivity index (χ1v) is 10.1. The zero-order chi connectivity index (χ0) is 21.4. The molecule has 1 atom stereocenters. The lowest BCUT2D eigenvalue weighted by Gasteiger charge is -2.29. The minimum atomic E-state index is -0.218. The van der Waals surface area contributed by atoms with Crippen LogP contribution in [0, 0.1) is 0 Å². The Balaban J connectivity index is 2.25. The van der Waals surface area contributed by atoms with E-state index in [2.05, 4.69) is 10.6 Å². The molecule has 1 aromatic carbocycles. The van der Waals surface area contributed by atoms with Crippen LogP contribution in [0.5, 0.6) is 0 Å². The molecule has 0 bridgehead atoms. The molecule has 0 saturated carbocycles. The van der Waals surface area contributed by atoms with Gasteiger partial charge in [-0.15, -0.1) is 0 Å². The van der Waals surface area contributed by atoms with Gasteiger partial charge in [0, 0.05) is 58.3 Å². The molecule has 8 nitrogen and oxygen atoms in total. The Morgan fingerprint density at radius 1 is 1.31 bits per heavy atom. The second-order valence-electron chi connectivity index (χ2n) is 7.84. The molecular weight excluding hydrogens is 372 g/mol. The van der Waals surface area contributed by atoms with Gasteiger partial charge in [0.1, 0.15) is 6.61 Å². The van der Waals surface area contributed by atoms with Crippen molar-refractivity contribution in [3.63, 3.8) is 0 Å². The monoisotopic (exact) mass is 406 g/mol. The van der Waals surface area contributed by atoms with Gasteiger partial charge in [-0.3, -0.25) is 4.79 Å². The number of nitrogens with zero attached hydrogens (tertiary/aromatic N) is 2. The Kier molecular flexibility index (Phi) is 8.72. The summed E-state index contributed by atoms with van der Waals surface area (Å²) in [5, 5.41) is 5.81. The fraction of sp³-hybridized carbons (Fsp3) is 0.619. The SMILES string of the molecule is COCC(=O)Nc1ccc(N(C)C)c(CN(C[C@@H]2CCCO2)C(=O)NC(C)C)c1.